The van der Waals surface area contributed by atoms with Crippen molar-refractivity contribution in [1.29, 1.82) is 0 Å². The van der Waals surface area contributed by atoms with E-state index in [-0.39, 0.29) is 12.2 Å². The van der Waals surface area contributed by atoms with Gasteiger partial charge in [-0.3, -0.25) is 0 Å². The number of benzene rings is 1. The fraction of sp³-hybridized carbons (Fsp3) is 0.167. The van der Waals surface area contributed by atoms with Crippen LogP contribution in [0.15, 0.2) is 35.0 Å². The molecular formula is C12H8F3OS. The predicted molar refractivity (Wildman–Crippen MR) is 58.9 cm³/mol. The zero-order chi connectivity index (χ0) is 12.3. The normalized spacial score (nSPS) is 11.5. The molecule has 0 amide bonds. The zero-order valence-corrected chi connectivity index (χ0v) is 9.44. The fourth-order valence-electron chi connectivity index (χ4n) is 1.31. The van der Waals surface area contributed by atoms with Gasteiger partial charge in [-0.15, -0.1) is 0 Å². The lowest BCUT2D eigenvalue weighted by Gasteiger charge is -2.09. The number of thiophene rings is 1. The van der Waals surface area contributed by atoms with E-state index in [9.17, 15) is 13.2 Å². The molecule has 1 heterocycles. The molecule has 2 rings (SSSR count). The first-order valence-electron chi connectivity index (χ1n) is 4.79. The third-order valence-corrected chi connectivity index (χ3v) is 2.90. The van der Waals surface area contributed by atoms with E-state index in [1.165, 1.54) is 5.38 Å². The minimum absolute atomic E-state index is 0.0984. The number of alkyl halides is 3. The van der Waals surface area contributed by atoms with Crippen LogP contribution in [0.4, 0.5) is 13.2 Å². The highest BCUT2D eigenvalue weighted by Crippen LogP contribution is 2.34. The summed E-state index contributed by atoms with van der Waals surface area (Å²) >= 11 is 1.02. The van der Waals surface area contributed by atoms with Gasteiger partial charge in [-0.05, 0) is 11.4 Å². The van der Waals surface area contributed by atoms with E-state index >= 15 is 0 Å². The van der Waals surface area contributed by atoms with Crippen molar-refractivity contribution < 1.29 is 17.9 Å². The summed E-state index contributed by atoms with van der Waals surface area (Å²) in [5.74, 6) is 0.437. The van der Waals surface area contributed by atoms with Gasteiger partial charge in [-0.1, -0.05) is 18.2 Å². The molecule has 89 valence electrons. The van der Waals surface area contributed by atoms with Crippen LogP contribution in [-0.4, -0.2) is 0 Å². The van der Waals surface area contributed by atoms with Crippen LogP contribution in [0.5, 0.6) is 5.75 Å². The molecule has 0 unspecified atom stereocenters. The maximum absolute atomic E-state index is 12.6. The molecule has 0 spiro atoms. The van der Waals surface area contributed by atoms with E-state index in [1.807, 2.05) is 0 Å². The molecule has 0 saturated carbocycles. The van der Waals surface area contributed by atoms with Gasteiger partial charge in [0.25, 0.3) is 0 Å². The van der Waals surface area contributed by atoms with Crippen LogP contribution in [-0.2, 0) is 12.8 Å². The second-order valence-corrected chi connectivity index (χ2v) is 4.07. The summed E-state index contributed by atoms with van der Waals surface area (Å²) in [5.41, 5.74) is -0.474. The second-order valence-electron chi connectivity index (χ2n) is 3.32. The number of hydrogen-bond donors (Lipinski definition) is 0. The molecule has 1 aromatic carbocycles. The molecule has 1 nitrogen and oxygen atoms in total. The summed E-state index contributed by atoms with van der Waals surface area (Å²) in [6.07, 6.45) is -4.32. The van der Waals surface area contributed by atoms with Crippen LogP contribution < -0.4 is 4.74 Å². The minimum atomic E-state index is -4.32. The van der Waals surface area contributed by atoms with E-state index in [0.717, 1.165) is 16.7 Å². The number of ether oxygens (including phenoxy) is 1. The highest BCUT2D eigenvalue weighted by atomic mass is 32.1. The van der Waals surface area contributed by atoms with Crippen LogP contribution in [0.1, 0.15) is 11.1 Å². The number of hydrogen-bond acceptors (Lipinski definition) is 2. The fourth-order valence-corrected chi connectivity index (χ4v) is 2.15. The van der Waals surface area contributed by atoms with Crippen LogP contribution in [0.2, 0.25) is 0 Å². The molecule has 1 radical (unpaired) electrons. The van der Waals surface area contributed by atoms with Gasteiger partial charge in [0.15, 0.2) is 0 Å². The van der Waals surface area contributed by atoms with Crippen molar-refractivity contribution in [2.75, 3.05) is 0 Å². The molecule has 0 atom stereocenters. The third kappa shape index (κ3) is 3.00. The van der Waals surface area contributed by atoms with E-state index in [4.69, 9.17) is 4.74 Å². The topological polar surface area (TPSA) is 9.23 Å². The van der Waals surface area contributed by atoms with Crippen molar-refractivity contribution in [2.24, 2.45) is 0 Å². The summed E-state index contributed by atoms with van der Waals surface area (Å²) in [7, 11) is 0. The Labute approximate surface area is 100 Å². The summed E-state index contributed by atoms with van der Waals surface area (Å²) in [5, 5.41) is 2.54. The Bertz CT molecular complexity index is 476. The van der Waals surface area contributed by atoms with E-state index in [0.29, 0.717) is 5.75 Å². The van der Waals surface area contributed by atoms with E-state index < -0.39 is 11.7 Å². The lowest BCUT2D eigenvalue weighted by atomic mass is 10.2. The Morgan fingerprint density at radius 3 is 2.71 bits per heavy atom. The van der Waals surface area contributed by atoms with Crippen molar-refractivity contribution in [1.82, 2.24) is 0 Å². The zero-order valence-electron chi connectivity index (χ0n) is 8.62. The maximum Gasteiger partial charge on any atom is 0.417 e. The van der Waals surface area contributed by atoms with Crippen molar-refractivity contribution in [2.45, 2.75) is 12.8 Å². The summed E-state index contributed by atoms with van der Waals surface area (Å²) < 4.78 is 42.9. The molecule has 5 heteroatoms. The summed E-state index contributed by atoms with van der Waals surface area (Å²) in [6.45, 7) is -0.0984. The van der Waals surface area contributed by atoms with Crippen LogP contribution in [0, 0.1) is 6.07 Å². The van der Waals surface area contributed by atoms with Crippen molar-refractivity contribution in [3.8, 4) is 5.75 Å². The van der Waals surface area contributed by atoms with Gasteiger partial charge in [-0.2, -0.15) is 24.5 Å². The molecule has 0 bridgehead atoms. The average molecular weight is 257 g/mol. The van der Waals surface area contributed by atoms with Gasteiger partial charge in [0.2, 0.25) is 0 Å². The molecule has 0 aliphatic carbocycles. The van der Waals surface area contributed by atoms with E-state index in [2.05, 4.69) is 6.07 Å². The summed E-state index contributed by atoms with van der Waals surface area (Å²) in [4.78, 5) is 0. The van der Waals surface area contributed by atoms with Crippen molar-refractivity contribution in [3.63, 3.8) is 0 Å². The lowest BCUT2D eigenvalue weighted by molar-refractivity contribution is -0.138. The van der Waals surface area contributed by atoms with Gasteiger partial charge >= 0.3 is 6.18 Å². The van der Waals surface area contributed by atoms with Gasteiger partial charge in [0.05, 0.1) is 5.56 Å². The van der Waals surface area contributed by atoms with Crippen LogP contribution in [0.25, 0.3) is 0 Å². The number of halogens is 3. The first-order valence-corrected chi connectivity index (χ1v) is 5.73. The molecule has 0 saturated heterocycles. The smallest absolute Gasteiger partial charge is 0.417 e. The van der Waals surface area contributed by atoms with Gasteiger partial charge in [0.1, 0.15) is 12.4 Å². The molecule has 0 fully saturated rings. The van der Waals surface area contributed by atoms with E-state index in [1.54, 1.807) is 24.3 Å². The Morgan fingerprint density at radius 1 is 1.24 bits per heavy atom. The Morgan fingerprint density at radius 2 is 2.06 bits per heavy atom. The Hall–Kier alpha value is -1.49. The molecule has 1 aromatic heterocycles. The van der Waals surface area contributed by atoms with Crippen LogP contribution >= 0.6 is 11.3 Å². The van der Waals surface area contributed by atoms with Gasteiger partial charge < -0.3 is 4.74 Å². The molecule has 0 aliphatic rings. The molecule has 0 aliphatic heterocycles. The molecule has 2 aromatic rings. The van der Waals surface area contributed by atoms with Crippen LogP contribution in [0.3, 0.4) is 0 Å². The monoisotopic (exact) mass is 257 g/mol. The molecule has 17 heavy (non-hydrogen) atoms. The van der Waals surface area contributed by atoms with Crippen molar-refractivity contribution >= 4 is 11.3 Å². The number of para-hydroxylation sites is 1. The minimum Gasteiger partial charge on any atom is -0.488 e. The highest BCUT2D eigenvalue weighted by molar-refractivity contribution is 7.08. The quantitative estimate of drug-likeness (QED) is 0.802. The first-order chi connectivity index (χ1) is 8.07. The molecular weight excluding hydrogens is 249 g/mol. The predicted octanol–water partition coefficient (Wildman–Crippen LogP) is 4.15. The molecule has 0 N–H and O–H groups in total. The second kappa shape index (κ2) is 4.79. The Balaban J connectivity index is 2.08. The highest BCUT2D eigenvalue weighted by Gasteiger charge is 2.34. The maximum atomic E-state index is 12.6. The first kappa shape index (κ1) is 12.0. The SMILES string of the molecule is FC(F)(F)c1cscc1COc1[c]cccc1. The Kier molecular flexibility index (Phi) is 3.38. The number of rotatable bonds is 3. The van der Waals surface area contributed by atoms with Crippen molar-refractivity contribution in [3.05, 3.63) is 52.2 Å². The largest absolute Gasteiger partial charge is 0.488 e. The average Bonchev–Trinajstić information content (AvgIpc) is 2.75. The lowest BCUT2D eigenvalue weighted by Crippen LogP contribution is -2.08. The summed E-state index contributed by atoms with van der Waals surface area (Å²) in [6, 6.07) is 9.59. The van der Waals surface area contributed by atoms with Gasteiger partial charge in [-0.25, -0.2) is 0 Å². The standard InChI is InChI=1S/C12H8F3OS/c13-12(14,15)11-8-17-7-9(11)6-16-10-4-2-1-3-5-10/h1-4,7-8H,6H2. The third-order valence-electron chi connectivity index (χ3n) is 2.11. The van der Waals surface area contributed by atoms with Gasteiger partial charge in [0, 0.05) is 17.0 Å².